The van der Waals surface area contributed by atoms with Crippen molar-refractivity contribution in [2.45, 2.75) is 17.8 Å². The number of amidine groups is 1. The summed E-state index contributed by atoms with van der Waals surface area (Å²) in [6, 6.07) is 29.5. The van der Waals surface area contributed by atoms with Gasteiger partial charge < -0.3 is 10.1 Å². The number of thioether (sulfide) groups is 1. The summed E-state index contributed by atoms with van der Waals surface area (Å²) in [5.41, 5.74) is 3.71. The Hall–Kier alpha value is -2.72. The van der Waals surface area contributed by atoms with Gasteiger partial charge in [0.25, 0.3) is 0 Å². The van der Waals surface area contributed by atoms with Crippen LogP contribution in [0.1, 0.15) is 28.8 Å². The fourth-order valence-corrected chi connectivity index (χ4v) is 4.17. The first-order chi connectivity index (χ1) is 13.3. The van der Waals surface area contributed by atoms with Crippen LogP contribution in [-0.2, 0) is 5.75 Å². The van der Waals surface area contributed by atoms with Crippen molar-refractivity contribution < 1.29 is 4.74 Å². The minimum absolute atomic E-state index is 0.0846. The second-order valence-corrected chi connectivity index (χ2v) is 7.43. The summed E-state index contributed by atoms with van der Waals surface area (Å²) in [6.45, 7) is 0. The predicted molar refractivity (Wildman–Crippen MR) is 113 cm³/mol. The van der Waals surface area contributed by atoms with Crippen molar-refractivity contribution in [2.75, 3.05) is 7.11 Å². The fourth-order valence-electron chi connectivity index (χ4n) is 3.29. The predicted octanol–water partition coefficient (Wildman–Crippen LogP) is 5.37. The molecule has 1 N–H and O–H groups in total. The van der Waals surface area contributed by atoms with Crippen molar-refractivity contribution in [2.24, 2.45) is 4.99 Å². The van der Waals surface area contributed by atoms with Gasteiger partial charge >= 0.3 is 0 Å². The van der Waals surface area contributed by atoms with Gasteiger partial charge in [-0.1, -0.05) is 84.6 Å². The van der Waals surface area contributed by atoms with E-state index >= 15 is 0 Å². The minimum Gasteiger partial charge on any atom is -0.497 e. The number of nitrogens with one attached hydrogen (secondary N) is 1. The Kier molecular flexibility index (Phi) is 5.45. The van der Waals surface area contributed by atoms with Crippen LogP contribution in [0.4, 0.5) is 0 Å². The molecule has 3 nitrogen and oxygen atoms in total. The molecule has 0 spiro atoms. The maximum Gasteiger partial charge on any atom is 0.158 e. The van der Waals surface area contributed by atoms with Crippen molar-refractivity contribution in [3.05, 3.63) is 102 Å². The molecular formula is C23H22N2OS. The third kappa shape index (κ3) is 4.17. The average molecular weight is 375 g/mol. The second-order valence-electron chi connectivity index (χ2n) is 6.46. The van der Waals surface area contributed by atoms with E-state index in [2.05, 4.69) is 72.0 Å². The fraction of sp³-hybridized carbons (Fsp3) is 0.174. The first kappa shape index (κ1) is 17.7. The van der Waals surface area contributed by atoms with E-state index in [4.69, 9.17) is 9.73 Å². The number of hydrogen-bond donors (Lipinski definition) is 1. The molecule has 2 unspecified atom stereocenters. The van der Waals surface area contributed by atoms with Gasteiger partial charge in [-0.05, 0) is 28.8 Å². The largest absolute Gasteiger partial charge is 0.497 e. The van der Waals surface area contributed by atoms with Crippen LogP contribution in [0.5, 0.6) is 5.75 Å². The van der Waals surface area contributed by atoms with E-state index in [9.17, 15) is 0 Å². The van der Waals surface area contributed by atoms with E-state index < -0.39 is 0 Å². The van der Waals surface area contributed by atoms with Gasteiger partial charge in [-0.25, -0.2) is 0 Å². The normalized spacial score (nSPS) is 18.6. The van der Waals surface area contributed by atoms with Gasteiger partial charge in [0.1, 0.15) is 11.8 Å². The summed E-state index contributed by atoms with van der Waals surface area (Å²) in [5.74, 6) is 1.74. The molecule has 0 saturated carbocycles. The summed E-state index contributed by atoms with van der Waals surface area (Å²) in [5, 5.41) is 4.62. The number of ether oxygens (including phenoxy) is 1. The minimum atomic E-state index is 0.0846. The Morgan fingerprint density at radius 1 is 0.889 bits per heavy atom. The van der Waals surface area contributed by atoms with Gasteiger partial charge in [0.2, 0.25) is 0 Å². The van der Waals surface area contributed by atoms with E-state index in [-0.39, 0.29) is 12.1 Å². The quantitative estimate of drug-likeness (QED) is 0.652. The lowest BCUT2D eigenvalue weighted by Crippen LogP contribution is -2.22. The first-order valence-corrected chi connectivity index (χ1v) is 10.0. The molecule has 2 atom stereocenters. The van der Waals surface area contributed by atoms with Crippen molar-refractivity contribution in [3.63, 3.8) is 0 Å². The van der Waals surface area contributed by atoms with Crippen molar-refractivity contribution in [3.8, 4) is 5.75 Å². The van der Waals surface area contributed by atoms with Gasteiger partial charge in [0.15, 0.2) is 5.17 Å². The molecule has 27 heavy (non-hydrogen) atoms. The molecule has 0 aliphatic carbocycles. The van der Waals surface area contributed by atoms with Gasteiger partial charge in [-0.15, -0.1) is 0 Å². The zero-order chi connectivity index (χ0) is 18.5. The topological polar surface area (TPSA) is 33.6 Å². The smallest absolute Gasteiger partial charge is 0.158 e. The number of methoxy groups -OCH3 is 1. The monoisotopic (exact) mass is 374 g/mol. The highest BCUT2D eigenvalue weighted by molar-refractivity contribution is 8.13. The molecule has 4 rings (SSSR count). The molecule has 3 aromatic carbocycles. The molecule has 0 bridgehead atoms. The SMILES string of the molecule is COc1cccc(CSC2=NC(c3ccccc3)C(c3ccccc3)N2)c1. The van der Waals surface area contributed by atoms with Crippen LogP contribution >= 0.6 is 11.8 Å². The molecular weight excluding hydrogens is 352 g/mol. The van der Waals surface area contributed by atoms with Crippen molar-refractivity contribution in [1.29, 1.82) is 0 Å². The van der Waals surface area contributed by atoms with Crippen molar-refractivity contribution in [1.82, 2.24) is 5.32 Å². The van der Waals surface area contributed by atoms with E-state index in [1.165, 1.54) is 16.7 Å². The molecule has 1 heterocycles. The Balaban J connectivity index is 1.54. The lowest BCUT2D eigenvalue weighted by atomic mass is 9.95. The van der Waals surface area contributed by atoms with E-state index in [1.54, 1.807) is 18.9 Å². The molecule has 0 aromatic heterocycles. The molecule has 136 valence electrons. The third-order valence-electron chi connectivity index (χ3n) is 4.66. The summed E-state index contributed by atoms with van der Waals surface area (Å²) in [6.07, 6.45) is 0. The van der Waals surface area contributed by atoms with Crippen LogP contribution < -0.4 is 10.1 Å². The lowest BCUT2D eigenvalue weighted by Gasteiger charge is -2.19. The molecule has 0 amide bonds. The molecule has 1 aliphatic heterocycles. The molecule has 1 aliphatic rings. The summed E-state index contributed by atoms with van der Waals surface area (Å²) >= 11 is 1.74. The van der Waals surface area contributed by atoms with Gasteiger partial charge in [-0.2, -0.15) is 0 Å². The van der Waals surface area contributed by atoms with Crippen LogP contribution in [0, 0.1) is 0 Å². The number of rotatable bonds is 5. The van der Waals surface area contributed by atoms with Crippen LogP contribution in [0.15, 0.2) is 89.9 Å². The van der Waals surface area contributed by atoms with Gasteiger partial charge in [0, 0.05) is 5.75 Å². The number of aliphatic imine (C=N–C) groups is 1. The highest BCUT2D eigenvalue weighted by Gasteiger charge is 2.31. The zero-order valence-corrected chi connectivity index (χ0v) is 16.0. The zero-order valence-electron chi connectivity index (χ0n) is 15.2. The first-order valence-electron chi connectivity index (χ1n) is 9.03. The van der Waals surface area contributed by atoms with E-state index in [0.29, 0.717) is 0 Å². The van der Waals surface area contributed by atoms with Crippen LogP contribution in [-0.4, -0.2) is 12.3 Å². The molecule has 4 heteroatoms. The summed E-state index contributed by atoms with van der Waals surface area (Å²) in [4.78, 5) is 5.01. The number of hydrogen-bond acceptors (Lipinski definition) is 4. The standard InChI is InChI=1S/C23H22N2OS/c1-26-20-14-8-9-17(15-20)16-27-23-24-21(18-10-4-2-5-11-18)22(25-23)19-12-6-3-7-13-19/h2-15,21-22H,16H2,1H3,(H,24,25). The summed E-state index contributed by atoms with van der Waals surface area (Å²) < 4.78 is 5.32. The number of nitrogens with zero attached hydrogens (tertiary/aromatic N) is 1. The molecule has 3 aromatic rings. The maximum absolute atomic E-state index is 5.32. The number of benzene rings is 3. The van der Waals surface area contributed by atoms with E-state index in [1.807, 2.05) is 18.2 Å². The third-order valence-corrected chi connectivity index (χ3v) is 5.63. The van der Waals surface area contributed by atoms with E-state index in [0.717, 1.165) is 16.7 Å². The van der Waals surface area contributed by atoms with Crippen LogP contribution in [0.25, 0.3) is 0 Å². The Bertz CT molecular complexity index is 912. The Morgan fingerprint density at radius 3 is 2.30 bits per heavy atom. The Labute approximate surface area is 164 Å². The molecule has 0 fully saturated rings. The average Bonchev–Trinajstić information content (AvgIpc) is 3.18. The summed E-state index contributed by atoms with van der Waals surface area (Å²) in [7, 11) is 1.70. The molecule has 0 radical (unpaired) electrons. The highest BCUT2D eigenvalue weighted by Crippen LogP contribution is 2.38. The van der Waals surface area contributed by atoms with Gasteiger partial charge in [0.05, 0.1) is 13.2 Å². The lowest BCUT2D eigenvalue weighted by molar-refractivity contribution is 0.414. The maximum atomic E-state index is 5.32. The second kappa shape index (κ2) is 8.31. The Morgan fingerprint density at radius 2 is 1.59 bits per heavy atom. The molecule has 0 saturated heterocycles. The highest BCUT2D eigenvalue weighted by atomic mass is 32.2. The van der Waals surface area contributed by atoms with Crippen LogP contribution in [0.2, 0.25) is 0 Å². The van der Waals surface area contributed by atoms with Crippen molar-refractivity contribution >= 4 is 16.9 Å². The van der Waals surface area contributed by atoms with Gasteiger partial charge in [-0.3, -0.25) is 4.99 Å². The van der Waals surface area contributed by atoms with Crippen LogP contribution in [0.3, 0.4) is 0 Å².